The van der Waals surface area contributed by atoms with E-state index in [1.54, 1.807) is 0 Å². The molecule has 4 atom stereocenters. The second-order valence-electron chi connectivity index (χ2n) is 4.82. The Morgan fingerprint density at radius 3 is 2.04 bits per heavy atom. The number of primary amides is 1. The minimum Gasteiger partial charge on any atom is -0.456 e. The van der Waals surface area contributed by atoms with Crippen molar-refractivity contribution in [3.63, 3.8) is 0 Å². The fraction of sp³-hybridized carbons (Fsp3) is 0.692. The summed E-state index contributed by atoms with van der Waals surface area (Å²) in [6.45, 7) is 3.32. The number of hydrogen-bond donors (Lipinski definition) is 1. The fourth-order valence-corrected chi connectivity index (χ4v) is 2.43. The molecule has 24 heavy (non-hydrogen) atoms. The average Bonchev–Trinajstić information content (AvgIpc) is 2.42. The van der Waals surface area contributed by atoms with Gasteiger partial charge < -0.3 is 24.7 Å². The van der Waals surface area contributed by atoms with Gasteiger partial charge in [-0.15, -0.1) is 0 Å². The molecule has 2 N–H and O–H groups in total. The smallest absolute Gasteiger partial charge is 0.303 e. The molecule has 11 heteroatoms. The van der Waals surface area contributed by atoms with Crippen LogP contribution in [-0.4, -0.2) is 60.8 Å². The van der Waals surface area contributed by atoms with Gasteiger partial charge in [0.1, 0.15) is 0 Å². The molecular formula is C13H19NO9S. The van der Waals surface area contributed by atoms with Crippen LogP contribution in [0.5, 0.6) is 0 Å². The zero-order valence-electron chi connectivity index (χ0n) is 13.4. The number of rotatable bonds is 7. The maximum Gasteiger partial charge on any atom is 0.303 e. The van der Waals surface area contributed by atoms with Crippen LogP contribution < -0.4 is 5.73 Å². The highest BCUT2D eigenvalue weighted by Gasteiger charge is 2.47. The molecule has 1 amide bonds. The van der Waals surface area contributed by atoms with Gasteiger partial charge in [0.25, 0.3) is 0 Å². The molecule has 0 aromatic carbocycles. The van der Waals surface area contributed by atoms with E-state index in [1.807, 2.05) is 0 Å². The molecule has 1 heterocycles. The summed E-state index contributed by atoms with van der Waals surface area (Å²) in [5, 5.41) is 0. The third-order valence-electron chi connectivity index (χ3n) is 2.67. The first-order valence-electron chi connectivity index (χ1n) is 6.90. The van der Waals surface area contributed by atoms with E-state index >= 15 is 0 Å². The number of nitrogens with two attached hydrogens (primary N) is 1. The Morgan fingerprint density at radius 1 is 1.00 bits per heavy atom. The molecule has 0 aromatic heterocycles. The van der Waals surface area contributed by atoms with E-state index in [9.17, 15) is 19.2 Å². The first-order chi connectivity index (χ1) is 11.2. The molecule has 1 saturated heterocycles. The van der Waals surface area contributed by atoms with E-state index < -0.39 is 48.4 Å². The van der Waals surface area contributed by atoms with Crippen molar-refractivity contribution in [2.24, 2.45) is 5.73 Å². The minimum atomic E-state index is -1.19. The molecule has 0 aliphatic carbocycles. The predicted molar refractivity (Wildman–Crippen MR) is 79.1 cm³/mol. The predicted octanol–water partition coefficient (Wildman–Crippen LogP) is -0.712. The highest BCUT2D eigenvalue weighted by Crippen LogP contribution is 2.27. The lowest BCUT2D eigenvalue weighted by Gasteiger charge is -2.39. The zero-order chi connectivity index (χ0) is 18.3. The standard InChI is InChI=1S/C13H19NO9S/c1-6(15)20-9-4-19-13(23-24-5-10(14)18)12(22-8(3)17)11(9)21-7(2)16/h9,11-13H,4-5H2,1-3H3,(H2,14,18)/t9-,11?,12+,13+/m1/s1. The molecule has 0 saturated carbocycles. The lowest BCUT2D eigenvalue weighted by Crippen LogP contribution is -2.57. The number of ether oxygens (including phenoxy) is 4. The Hall–Kier alpha value is -1.85. The summed E-state index contributed by atoms with van der Waals surface area (Å²) in [5.74, 6) is -2.74. The van der Waals surface area contributed by atoms with Crippen molar-refractivity contribution in [2.75, 3.05) is 12.4 Å². The van der Waals surface area contributed by atoms with Gasteiger partial charge in [0.05, 0.1) is 12.4 Å². The van der Waals surface area contributed by atoms with Crippen molar-refractivity contribution in [1.82, 2.24) is 0 Å². The minimum absolute atomic E-state index is 0.155. The molecule has 1 unspecified atom stereocenters. The summed E-state index contributed by atoms with van der Waals surface area (Å²) in [5.41, 5.74) is 5.00. The summed E-state index contributed by atoms with van der Waals surface area (Å²) in [6.07, 6.45) is -4.43. The van der Waals surface area contributed by atoms with Gasteiger partial charge in [0.2, 0.25) is 12.2 Å². The first kappa shape index (κ1) is 20.2. The summed E-state index contributed by atoms with van der Waals surface area (Å²) < 4.78 is 25.9. The topological polar surface area (TPSA) is 140 Å². The molecule has 0 aromatic rings. The summed E-state index contributed by atoms with van der Waals surface area (Å²) in [7, 11) is 0. The molecule has 0 radical (unpaired) electrons. The van der Waals surface area contributed by atoms with E-state index in [4.69, 9.17) is 28.9 Å². The monoisotopic (exact) mass is 365 g/mol. The van der Waals surface area contributed by atoms with Gasteiger partial charge in [-0.2, -0.15) is 0 Å². The highest BCUT2D eigenvalue weighted by molar-refractivity contribution is 7.95. The Morgan fingerprint density at radius 2 is 1.54 bits per heavy atom. The van der Waals surface area contributed by atoms with E-state index in [-0.39, 0.29) is 12.4 Å². The molecule has 1 aliphatic heterocycles. The average molecular weight is 365 g/mol. The van der Waals surface area contributed by atoms with Crippen molar-refractivity contribution in [3.05, 3.63) is 0 Å². The number of amides is 1. The largest absolute Gasteiger partial charge is 0.456 e. The van der Waals surface area contributed by atoms with E-state index in [2.05, 4.69) is 0 Å². The first-order valence-corrected chi connectivity index (χ1v) is 7.81. The van der Waals surface area contributed by atoms with Crippen LogP contribution >= 0.6 is 12.0 Å². The third kappa shape index (κ3) is 6.72. The Bertz CT molecular complexity index is 498. The van der Waals surface area contributed by atoms with E-state index in [0.717, 1.165) is 13.8 Å². The van der Waals surface area contributed by atoms with Crippen molar-refractivity contribution >= 4 is 35.9 Å². The molecule has 136 valence electrons. The number of carbonyl (C=O) groups excluding carboxylic acids is 4. The summed E-state index contributed by atoms with van der Waals surface area (Å²) >= 11 is 0.696. The van der Waals surface area contributed by atoms with Crippen LogP contribution in [0.25, 0.3) is 0 Å². The second-order valence-corrected chi connectivity index (χ2v) is 5.54. The van der Waals surface area contributed by atoms with Gasteiger partial charge in [-0.3, -0.25) is 23.4 Å². The molecule has 1 fully saturated rings. The molecule has 10 nitrogen and oxygen atoms in total. The van der Waals surface area contributed by atoms with Gasteiger partial charge >= 0.3 is 17.9 Å². The van der Waals surface area contributed by atoms with Crippen LogP contribution in [-0.2, 0) is 42.3 Å². The molecular weight excluding hydrogens is 346 g/mol. The fourth-order valence-electron chi connectivity index (χ4n) is 1.95. The molecule has 1 aliphatic rings. The van der Waals surface area contributed by atoms with Crippen molar-refractivity contribution in [2.45, 2.75) is 45.4 Å². The quantitative estimate of drug-likeness (QED) is 0.349. The molecule has 1 rings (SSSR count). The molecule has 0 bridgehead atoms. The Balaban J connectivity index is 2.92. The highest BCUT2D eigenvalue weighted by atomic mass is 32.2. The van der Waals surface area contributed by atoms with Crippen LogP contribution in [0.2, 0.25) is 0 Å². The zero-order valence-corrected chi connectivity index (χ0v) is 14.2. The SMILES string of the molecule is CC(=O)OC1[C@H](OC(C)=O)CO[C@@H](OSCC(N)=O)[C@H]1OC(C)=O. The number of esters is 3. The van der Waals surface area contributed by atoms with Crippen LogP contribution in [0.1, 0.15) is 20.8 Å². The van der Waals surface area contributed by atoms with Crippen LogP contribution in [0.4, 0.5) is 0 Å². The third-order valence-corrected chi connectivity index (χ3v) is 3.40. The Kier molecular flexibility index (Phi) is 7.95. The van der Waals surface area contributed by atoms with Crippen LogP contribution in [0.15, 0.2) is 0 Å². The Labute approximate surface area is 142 Å². The lowest BCUT2D eigenvalue weighted by molar-refractivity contribution is -0.257. The summed E-state index contributed by atoms with van der Waals surface area (Å²) in [4.78, 5) is 44.6. The maximum absolute atomic E-state index is 11.3. The van der Waals surface area contributed by atoms with Crippen molar-refractivity contribution < 1.29 is 42.3 Å². The number of hydrogen-bond acceptors (Lipinski definition) is 10. The van der Waals surface area contributed by atoms with Gasteiger partial charge in [-0.1, -0.05) is 0 Å². The van der Waals surface area contributed by atoms with Gasteiger partial charge in [-0.25, -0.2) is 0 Å². The van der Waals surface area contributed by atoms with E-state index in [1.165, 1.54) is 6.92 Å². The van der Waals surface area contributed by atoms with E-state index in [0.29, 0.717) is 12.0 Å². The van der Waals surface area contributed by atoms with Gasteiger partial charge in [0, 0.05) is 32.8 Å². The maximum atomic E-state index is 11.3. The summed E-state index contributed by atoms with van der Waals surface area (Å²) in [6, 6.07) is 0. The molecule has 0 spiro atoms. The van der Waals surface area contributed by atoms with Crippen molar-refractivity contribution in [1.29, 1.82) is 0 Å². The van der Waals surface area contributed by atoms with Crippen molar-refractivity contribution in [3.8, 4) is 0 Å². The number of carbonyl (C=O) groups is 4. The van der Waals surface area contributed by atoms with Crippen LogP contribution in [0, 0.1) is 0 Å². The van der Waals surface area contributed by atoms with Crippen LogP contribution in [0.3, 0.4) is 0 Å². The second kappa shape index (κ2) is 9.45. The van der Waals surface area contributed by atoms with Gasteiger partial charge in [0.15, 0.2) is 18.3 Å². The van der Waals surface area contributed by atoms with Gasteiger partial charge in [-0.05, 0) is 0 Å². The normalized spacial score (nSPS) is 26.3. The lowest BCUT2D eigenvalue weighted by atomic mass is 10.0.